The van der Waals surface area contributed by atoms with Crippen LogP contribution in [0.15, 0.2) is 12.2 Å². The van der Waals surface area contributed by atoms with Crippen LogP contribution in [-0.2, 0) is 14.3 Å². The minimum atomic E-state index is -0.657. The second kappa shape index (κ2) is 18.7. The van der Waals surface area contributed by atoms with Gasteiger partial charge in [-0.1, -0.05) is 77.7 Å². The molecule has 0 saturated carbocycles. The Morgan fingerprint density at radius 2 is 1.26 bits per heavy atom. The molecule has 0 bridgehead atoms. The van der Waals surface area contributed by atoms with Crippen molar-refractivity contribution in [1.82, 2.24) is 0 Å². The second-order valence-electron chi connectivity index (χ2n) is 5.95. The van der Waals surface area contributed by atoms with Crippen molar-refractivity contribution in [2.75, 3.05) is 7.11 Å². The van der Waals surface area contributed by atoms with E-state index in [2.05, 4.69) is 18.2 Å². The number of esters is 1. The number of carboxylic acids is 1. The lowest BCUT2D eigenvalue weighted by Crippen LogP contribution is -1.98. The maximum absolute atomic E-state index is 10.3. The summed E-state index contributed by atoms with van der Waals surface area (Å²) in [6.45, 7) is 7.20. The van der Waals surface area contributed by atoms with Crippen LogP contribution in [0.4, 0.5) is 0 Å². The molecule has 0 amide bonds. The largest absolute Gasteiger partial charge is 0.481 e. The molecule has 1 N–H and O–H groups in total. The zero-order valence-corrected chi connectivity index (χ0v) is 15.4. The summed E-state index contributed by atoms with van der Waals surface area (Å²) < 4.78 is 4.27. The molecular formula is C19H36O4. The van der Waals surface area contributed by atoms with Crippen LogP contribution >= 0.6 is 0 Å². The van der Waals surface area contributed by atoms with Crippen LogP contribution in [0, 0.1) is 0 Å². The van der Waals surface area contributed by atoms with Gasteiger partial charge >= 0.3 is 11.9 Å². The van der Waals surface area contributed by atoms with E-state index < -0.39 is 5.97 Å². The van der Waals surface area contributed by atoms with Gasteiger partial charge < -0.3 is 9.84 Å². The number of methoxy groups -OCH3 is 1. The van der Waals surface area contributed by atoms with Crippen molar-refractivity contribution in [3.05, 3.63) is 12.2 Å². The summed E-state index contributed by atoms with van der Waals surface area (Å²) in [6.07, 6.45) is 14.4. The predicted octanol–water partition coefficient (Wildman–Crippen LogP) is 5.51. The standard InChI is InChI=1S/C14H28O2.C5H8O2/c1-2-3-4-5-6-7-8-9-10-11-12-13-14(15)16;1-4(2)5(6)7-3/h2-13H2,1H3,(H,15,16);1H2,2-3H3. The van der Waals surface area contributed by atoms with Crippen molar-refractivity contribution < 1.29 is 19.4 Å². The molecule has 0 fully saturated rings. The Bertz CT molecular complexity index is 310. The second-order valence-corrected chi connectivity index (χ2v) is 5.95. The Balaban J connectivity index is 0. The predicted molar refractivity (Wildman–Crippen MR) is 95.5 cm³/mol. The Morgan fingerprint density at radius 1 is 0.870 bits per heavy atom. The fourth-order valence-corrected chi connectivity index (χ4v) is 2.11. The van der Waals surface area contributed by atoms with E-state index in [9.17, 15) is 9.59 Å². The first-order chi connectivity index (χ1) is 11.0. The fraction of sp³-hybridized carbons (Fsp3) is 0.789. The molecule has 0 rings (SSSR count). The molecule has 0 unspecified atom stereocenters. The maximum Gasteiger partial charge on any atom is 0.332 e. The summed E-state index contributed by atoms with van der Waals surface area (Å²) in [6, 6.07) is 0. The summed E-state index contributed by atoms with van der Waals surface area (Å²) >= 11 is 0. The van der Waals surface area contributed by atoms with Crippen LogP contribution in [0.5, 0.6) is 0 Å². The van der Waals surface area contributed by atoms with E-state index in [1.54, 1.807) is 6.92 Å². The van der Waals surface area contributed by atoms with Gasteiger partial charge in [0.25, 0.3) is 0 Å². The summed E-state index contributed by atoms with van der Waals surface area (Å²) in [5.41, 5.74) is 0.433. The first kappa shape index (κ1) is 23.9. The molecule has 0 aliphatic heterocycles. The summed E-state index contributed by atoms with van der Waals surface area (Å²) in [5.74, 6) is -1.00. The number of hydrogen-bond acceptors (Lipinski definition) is 3. The van der Waals surface area contributed by atoms with E-state index in [0.29, 0.717) is 12.0 Å². The van der Waals surface area contributed by atoms with E-state index in [1.165, 1.54) is 64.9 Å². The molecule has 4 nitrogen and oxygen atoms in total. The summed E-state index contributed by atoms with van der Waals surface area (Å²) in [4.78, 5) is 20.4. The van der Waals surface area contributed by atoms with Crippen LogP contribution in [0.1, 0.15) is 90.9 Å². The van der Waals surface area contributed by atoms with Crippen molar-refractivity contribution in [3.63, 3.8) is 0 Å². The van der Waals surface area contributed by atoms with Gasteiger partial charge in [-0.25, -0.2) is 4.79 Å². The Hall–Kier alpha value is -1.32. The van der Waals surface area contributed by atoms with Crippen LogP contribution in [0.25, 0.3) is 0 Å². The molecule has 136 valence electrons. The van der Waals surface area contributed by atoms with Gasteiger partial charge in [-0.3, -0.25) is 4.79 Å². The van der Waals surface area contributed by atoms with Gasteiger partial charge in [0.1, 0.15) is 0 Å². The fourth-order valence-electron chi connectivity index (χ4n) is 2.11. The molecule has 0 spiro atoms. The lowest BCUT2D eigenvalue weighted by molar-refractivity contribution is -0.137. The third kappa shape index (κ3) is 23.1. The van der Waals surface area contributed by atoms with Crippen LogP contribution in [0.2, 0.25) is 0 Å². The topological polar surface area (TPSA) is 63.6 Å². The molecule has 23 heavy (non-hydrogen) atoms. The number of hydrogen-bond donors (Lipinski definition) is 1. The average molecular weight is 328 g/mol. The van der Waals surface area contributed by atoms with E-state index in [4.69, 9.17) is 5.11 Å². The van der Waals surface area contributed by atoms with Crippen molar-refractivity contribution in [2.24, 2.45) is 0 Å². The summed E-state index contributed by atoms with van der Waals surface area (Å²) in [5, 5.41) is 8.46. The molecule has 0 saturated heterocycles. The average Bonchev–Trinajstić information content (AvgIpc) is 2.52. The van der Waals surface area contributed by atoms with Gasteiger partial charge in [0.15, 0.2) is 0 Å². The molecule has 0 aromatic heterocycles. The first-order valence-electron chi connectivity index (χ1n) is 8.91. The zero-order valence-electron chi connectivity index (χ0n) is 15.4. The highest BCUT2D eigenvalue weighted by Gasteiger charge is 1.97. The molecule has 0 aromatic carbocycles. The number of carbonyl (C=O) groups excluding carboxylic acids is 1. The molecule has 0 radical (unpaired) electrons. The number of carboxylic acid groups (broad SMARTS) is 1. The quantitative estimate of drug-likeness (QED) is 0.275. The van der Waals surface area contributed by atoms with Crippen molar-refractivity contribution in [1.29, 1.82) is 0 Å². The molecule has 0 aliphatic carbocycles. The van der Waals surface area contributed by atoms with Crippen LogP contribution in [-0.4, -0.2) is 24.2 Å². The lowest BCUT2D eigenvalue weighted by atomic mass is 10.1. The monoisotopic (exact) mass is 328 g/mol. The van der Waals surface area contributed by atoms with E-state index in [1.807, 2.05) is 0 Å². The maximum atomic E-state index is 10.3. The molecule has 0 atom stereocenters. The highest BCUT2D eigenvalue weighted by atomic mass is 16.5. The van der Waals surface area contributed by atoms with Gasteiger partial charge in [-0.2, -0.15) is 0 Å². The van der Waals surface area contributed by atoms with E-state index in [-0.39, 0.29) is 5.97 Å². The smallest absolute Gasteiger partial charge is 0.332 e. The highest BCUT2D eigenvalue weighted by Crippen LogP contribution is 2.11. The molecule has 0 aliphatic rings. The Morgan fingerprint density at radius 3 is 1.52 bits per heavy atom. The van der Waals surface area contributed by atoms with Gasteiger partial charge in [0.05, 0.1) is 7.11 Å². The van der Waals surface area contributed by atoms with Gasteiger partial charge in [-0.05, 0) is 13.3 Å². The lowest BCUT2D eigenvalue weighted by Gasteiger charge is -2.01. The van der Waals surface area contributed by atoms with Gasteiger partial charge in [-0.15, -0.1) is 0 Å². The van der Waals surface area contributed by atoms with Crippen LogP contribution < -0.4 is 0 Å². The molecule has 0 aromatic rings. The SMILES string of the molecule is C=C(C)C(=O)OC.CCCCCCCCCCCCCC(=O)O. The Labute approximate surface area is 142 Å². The van der Waals surface area contributed by atoms with Crippen molar-refractivity contribution >= 4 is 11.9 Å². The number of aliphatic carboxylic acids is 1. The minimum absolute atomic E-state index is 0.344. The van der Waals surface area contributed by atoms with Gasteiger partial charge in [0.2, 0.25) is 0 Å². The summed E-state index contributed by atoms with van der Waals surface area (Å²) in [7, 11) is 1.33. The zero-order chi connectivity index (χ0) is 17.9. The molecule has 0 heterocycles. The van der Waals surface area contributed by atoms with Crippen molar-refractivity contribution in [2.45, 2.75) is 90.9 Å². The van der Waals surface area contributed by atoms with Gasteiger partial charge in [0, 0.05) is 12.0 Å². The highest BCUT2D eigenvalue weighted by molar-refractivity contribution is 5.86. The third-order valence-corrected chi connectivity index (χ3v) is 3.53. The normalized spacial score (nSPS) is 9.70. The first-order valence-corrected chi connectivity index (χ1v) is 8.91. The van der Waals surface area contributed by atoms with Crippen LogP contribution in [0.3, 0.4) is 0 Å². The number of ether oxygens (including phenoxy) is 1. The number of carbonyl (C=O) groups is 2. The number of unbranched alkanes of at least 4 members (excludes halogenated alkanes) is 10. The van der Waals surface area contributed by atoms with E-state index in [0.717, 1.165) is 12.8 Å². The molecular weight excluding hydrogens is 292 g/mol. The minimum Gasteiger partial charge on any atom is -0.481 e. The van der Waals surface area contributed by atoms with E-state index >= 15 is 0 Å². The Kier molecular flexibility index (Phi) is 19.5. The third-order valence-electron chi connectivity index (χ3n) is 3.53. The van der Waals surface area contributed by atoms with Crippen molar-refractivity contribution in [3.8, 4) is 0 Å². The number of rotatable bonds is 13. The molecule has 4 heteroatoms.